The molecule has 0 atom stereocenters. The van der Waals surface area contributed by atoms with E-state index < -0.39 is 5.97 Å². The van der Waals surface area contributed by atoms with Crippen LogP contribution in [0.1, 0.15) is 22.8 Å². The fourth-order valence-electron chi connectivity index (χ4n) is 3.50. The van der Waals surface area contributed by atoms with Crippen LogP contribution in [0.15, 0.2) is 60.7 Å². The third kappa shape index (κ3) is 4.30. The fourth-order valence-corrected chi connectivity index (χ4v) is 3.81. The van der Waals surface area contributed by atoms with Gasteiger partial charge in [-0.1, -0.05) is 48.6 Å². The molecule has 0 N–H and O–H groups in total. The highest BCUT2D eigenvalue weighted by atomic mass is 32.1. The molecule has 0 saturated carbocycles. The molecule has 0 radical (unpaired) electrons. The molecule has 1 saturated heterocycles. The Morgan fingerprint density at radius 1 is 1.03 bits per heavy atom. The second kappa shape index (κ2) is 9.24. The number of hydrogen-bond acceptors (Lipinski definition) is 5. The molecule has 1 heterocycles. The van der Waals surface area contributed by atoms with Crippen LogP contribution in [0.2, 0.25) is 0 Å². The van der Waals surface area contributed by atoms with E-state index >= 15 is 0 Å². The molecule has 3 aromatic carbocycles. The summed E-state index contributed by atoms with van der Waals surface area (Å²) in [6, 6.07) is 18.8. The number of thiocarbonyl (C=S) groups is 1. The molecule has 5 nitrogen and oxygen atoms in total. The Morgan fingerprint density at radius 2 is 1.80 bits per heavy atom. The Hall–Kier alpha value is -2.96. The lowest BCUT2D eigenvalue weighted by Gasteiger charge is -2.29. The molecule has 30 heavy (non-hydrogen) atoms. The van der Waals surface area contributed by atoms with Gasteiger partial charge in [-0.3, -0.25) is 0 Å². The van der Waals surface area contributed by atoms with Crippen LogP contribution < -0.4 is 9.47 Å². The van der Waals surface area contributed by atoms with Crippen LogP contribution in [0.3, 0.4) is 0 Å². The predicted octanol–water partition coefficient (Wildman–Crippen LogP) is 4.47. The minimum Gasteiger partial charge on any atom is -0.490 e. The van der Waals surface area contributed by atoms with Gasteiger partial charge in [0.25, 0.3) is 0 Å². The summed E-state index contributed by atoms with van der Waals surface area (Å²) in [4.78, 5) is 15.8. The van der Waals surface area contributed by atoms with Crippen molar-refractivity contribution < 1.29 is 19.0 Å². The van der Waals surface area contributed by atoms with Gasteiger partial charge in [-0.25, -0.2) is 4.79 Å². The highest BCUT2D eigenvalue weighted by molar-refractivity contribution is 7.80. The number of nitrogens with zero attached hydrogens (tertiary/aromatic N) is 1. The highest BCUT2D eigenvalue weighted by Gasteiger charge is 2.19. The number of rotatable bonds is 5. The van der Waals surface area contributed by atoms with Gasteiger partial charge < -0.3 is 19.1 Å². The van der Waals surface area contributed by atoms with Crippen molar-refractivity contribution >= 4 is 33.9 Å². The maximum absolute atomic E-state index is 12.9. The number of ether oxygens (including phenoxy) is 3. The predicted molar refractivity (Wildman–Crippen MR) is 121 cm³/mol. The monoisotopic (exact) mass is 421 g/mol. The van der Waals surface area contributed by atoms with Crippen molar-refractivity contribution in [2.45, 2.75) is 6.92 Å². The summed E-state index contributed by atoms with van der Waals surface area (Å²) in [6.45, 7) is 5.20. The Bertz CT molecular complexity index is 1070. The summed E-state index contributed by atoms with van der Waals surface area (Å²) in [7, 11) is 0. The van der Waals surface area contributed by atoms with Crippen molar-refractivity contribution in [1.29, 1.82) is 0 Å². The van der Waals surface area contributed by atoms with Crippen LogP contribution in [0.5, 0.6) is 11.5 Å². The summed E-state index contributed by atoms with van der Waals surface area (Å²) in [5.41, 5.74) is 1.38. The van der Waals surface area contributed by atoms with Gasteiger partial charge in [-0.15, -0.1) is 0 Å². The largest absolute Gasteiger partial charge is 0.490 e. The number of esters is 1. The van der Waals surface area contributed by atoms with E-state index in [0.29, 0.717) is 36.9 Å². The van der Waals surface area contributed by atoms with Crippen molar-refractivity contribution in [2.24, 2.45) is 0 Å². The summed E-state index contributed by atoms with van der Waals surface area (Å²) in [5, 5.41) is 1.84. The van der Waals surface area contributed by atoms with Crippen molar-refractivity contribution in [3.8, 4) is 11.5 Å². The zero-order valence-corrected chi connectivity index (χ0v) is 17.6. The van der Waals surface area contributed by atoms with Gasteiger partial charge in [-0.05, 0) is 42.0 Å². The summed E-state index contributed by atoms with van der Waals surface area (Å²) >= 11 is 5.65. The molecule has 0 bridgehead atoms. The summed E-state index contributed by atoms with van der Waals surface area (Å²) in [5.74, 6) is 0.457. The third-order valence-electron chi connectivity index (χ3n) is 5.00. The molecule has 154 valence electrons. The van der Waals surface area contributed by atoms with Gasteiger partial charge in [0.15, 0.2) is 11.5 Å². The Balaban J connectivity index is 1.60. The molecule has 0 amide bonds. The molecule has 0 spiro atoms. The number of benzene rings is 3. The second-order valence-corrected chi connectivity index (χ2v) is 7.30. The normalized spacial score (nSPS) is 13.8. The summed E-state index contributed by atoms with van der Waals surface area (Å²) in [6.07, 6.45) is 0. The molecule has 1 aliphatic heterocycles. The maximum atomic E-state index is 12.9. The standard InChI is InChI=1S/C24H23NO4S/c1-2-28-22-16-18(23(30)25-12-14-27-15-13-25)10-11-21(22)29-24(26)20-9-5-7-17-6-3-4-8-19(17)20/h3-11,16H,2,12-15H2,1H3. The first-order valence-corrected chi connectivity index (χ1v) is 10.4. The topological polar surface area (TPSA) is 48.0 Å². The maximum Gasteiger partial charge on any atom is 0.344 e. The number of carbonyl (C=O) groups is 1. The molecule has 6 heteroatoms. The van der Waals surface area contributed by atoms with Gasteiger partial charge in [-0.2, -0.15) is 0 Å². The average Bonchev–Trinajstić information content (AvgIpc) is 2.80. The molecule has 1 fully saturated rings. The Labute approximate surface area is 181 Å². The molecule has 0 aromatic heterocycles. The fraction of sp³-hybridized carbons (Fsp3) is 0.250. The van der Waals surface area contributed by atoms with Crippen molar-refractivity contribution in [2.75, 3.05) is 32.9 Å². The van der Waals surface area contributed by atoms with Gasteiger partial charge in [0.1, 0.15) is 4.99 Å². The third-order valence-corrected chi connectivity index (χ3v) is 5.49. The first-order valence-electron chi connectivity index (χ1n) is 10.0. The number of carbonyl (C=O) groups excluding carboxylic acids is 1. The minimum absolute atomic E-state index is 0.378. The van der Waals surface area contributed by atoms with Gasteiger partial charge in [0, 0.05) is 18.7 Å². The zero-order valence-electron chi connectivity index (χ0n) is 16.8. The van der Waals surface area contributed by atoms with E-state index in [4.69, 9.17) is 26.4 Å². The SMILES string of the molecule is CCOc1cc(C(=S)N2CCOCC2)ccc1OC(=O)c1cccc2ccccc12. The second-order valence-electron chi connectivity index (χ2n) is 6.92. The van der Waals surface area contributed by atoms with Crippen LogP contribution >= 0.6 is 12.2 Å². The number of hydrogen-bond donors (Lipinski definition) is 0. The van der Waals surface area contributed by atoms with Crippen LogP contribution in [0, 0.1) is 0 Å². The Morgan fingerprint density at radius 3 is 2.60 bits per heavy atom. The molecule has 0 aliphatic carbocycles. The van der Waals surface area contributed by atoms with Crippen molar-refractivity contribution in [1.82, 2.24) is 4.90 Å². The van der Waals surface area contributed by atoms with Crippen molar-refractivity contribution in [3.63, 3.8) is 0 Å². The smallest absolute Gasteiger partial charge is 0.344 e. The quantitative estimate of drug-likeness (QED) is 0.344. The number of morpholine rings is 1. The van der Waals surface area contributed by atoms with Gasteiger partial charge in [0.2, 0.25) is 0 Å². The lowest BCUT2D eigenvalue weighted by molar-refractivity contribution is 0.0692. The van der Waals surface area contributed by atoms with E-state index in [0.717, 1.165) is 34.4 Å². The minimum atomic E-state index is -0.420. The van der Waals surface area contributed by atoms with E-state index in [9.17, 15) is 4.79 Å². The van der Waals surface area contributed by atoms with Gasteiger partial charge in [0.05, 0.1) is 25.4 Å². The van der Waals surface area contributed by atoms with E-state index in [1.54, 1.807) is 12.1 Å². The van der Waals surface area contributed by atoms with E-state index in [-0.39, 0.29) is 0 Å². The zero-order chi connectivity index (χ0) is 20.9. The first-order chi connectivity index (χ1) is 14.7. The van der Waals surface area contributed by atoms with E-state index in [2.05, 4.69) is 4.90 Å². The molecular weight excluding hydrogens is 398 g/mol. The highest BCUT2D eigenvalue weighted by Crippen LogP contribution is 2.31. The molecule has 4 rings (SSSR count). The van der Waals surface area contributed by atoms with Gasteiger partial charge >= 0.3 is 5.97 Å². The lowest BCUT2D eigenvalue weighted by Crippen LogP contribution is -2.40. The van der Waals surface area contributed by atoms with Crippen LogP contribution in [0.25, 0.3) is 10.8 Å². The van der Waals surface area contributed by atoms with Crippen LogP contribution in [0.4, 0.5) is 0 Å². The summed E-state index contributed by atoms with van der Waals surface area (Å²) < 4.78 is 16.9. The number of fused-ring (bicyclic) bond motifs is 1. The molecule has 0 unspecified atom stereocenters. The van der Waals surface area contributed by atoms with Crippen molar-refractivity contribution in [3.05, 3.63) is 71.8 Å². The van der Waals surface area contributed by atoms with E-state index in [1.165, 1.54) is 0 Å². The molecule has 3 aromatic rings. The van der Waals surface area contributed by atoms with Crippen LogP contribution in [-0.2, 0) is 4.74 Å². The molecule has 1 aliphatic rings. The Kier molecular flexibility index (Phi) is 6.26. The lowest BCUT2D eigenvalue weighted by atomic mass is 10.0. The van der Waals surface area contributed by atoms with E-state index in [1.807, 2.05) is 55.5 Å². The molecular formula is C24H23NO4S. The first kappa shape index (κ1) is 20.3. The van der Waals surface area contributed by atoms with Crippen LogP contribution in [-0.4, -0.2) is 48.8 Å². The average molecular weight is 422 g/mol.